The molecule has 2 amide bonds. The summed E-state index contributed by atoms with van der Waals surface area (Å²) in [6, 6.07) is 2.36. The van der Waals surface area contributed by atoms with Gasteiger partial charge in [0.15, 0.2) is 5.69 Å². The number of amides is 2. The van der Waals surface area contributed by atoms with E-state index >= 15 is 0 Å². The first kappa shape index (κ1) is 24.7. The van der Waals surface area contributed by atoms with Crippen molar-refractivity contribution in [1.82, 2.24) is 30.0 Å². The van der Waals surface area contributed by atoms with Crippen LogP contribution in [0, 0.1) is 0 Å². The minimum Gasteiger partial charge on any atom is -0.387 e. The maximum atomic E-state index is 13.2. The maximum Gasteiger partial charge on any atom is 0.444 e. The Balaban J connectivity index is 1.82. The standard InChI is InChI=1S/C21H16F3N7O4S/c1-3-26-19(33)29-16-5-13(18-28-15(9-36-18)21(22,23)24)14(8-27-16)11-4-12(7-25-6-11)17-30-31(10(2)32)20(34)35-17/h4-9H,3H2,1-2H3,(H2,26,27,29,33). The van der Waals surface area contributed by atoms with Gasteiger partial charge in [-0.2, -0.15) is 13.2 Å². The van der Waals surface area contributed by atoms with Gasteiger partial charge >= 0.3 is 18.0 Å². The van der Waals surface area contributed by atoms with Crippen molar-refractivity contribution in [1.29, 1.82) is 0 Å². The Morgan fingerprint density at radius 1 is 1.14 bits per heavy atom. The van der Waals surface area contributed by atoms with Crippen molar-refractivity contribution in [3.05, 3.63) is 52.3 Å². The Kier molecular flexibility index (Phi) is 6.65. The molecule has 0 aliphatic heterocycles. The molecule has 0 atom stereocenters. The van der Waals surface area contributed by atoms with Crippen LogP contribution >= 0.6 is 11.3 Å². The summed E-state index contributed by atoms with van der Waals surface area (Å²) < 4.78 is 45.2. The van der Waals surface area contributed by atoms with E-state index in [0.717, 1.165) is 23.6 Å². The number of carbonyl (C=O) groups excluding carboxylic acids is 2. The number of anilines is 1. The summed E-state index contributed by atoms with van der Waals surface area (Å²) in [6.45, 7) is 3.21. The Bertz CT molecular complexity index is 1510. The van der Waals surface area contributed by atoms with Gasteiger partial charge in [0.25, 0.3) is 5.89 Å². The molecule has 186 valence electrons. The van der Waals surface area contributed by atoms with Crippen molar-refractivity contribution in [3.8, 4) is 33.2 Å². The number of alkyl halides is 3. The van der Waals surface area contributed by atoms with E-state index in [0.29, 0.717) is 22.4 Å². The van der Waals surface area contributed by atoms with Crippen LogP contribution in [0.1, 0.15) is 24.3 Å². The third-order valence-corrected chi connectivity index (χ3v) is 5.53. The number of carbonyl (C=O) groups is 2. The average Bonchev–Trinajstić information content (AvgIpc) is 3.47. The zero-order valence-corrected chi connectivity index (χ0v) is 19.4. The third kappa shape index (κ3) is 5.14. The maximum absolute atomic E-state index is 13.2. The van der Waals surface area contributed by atoms with Gasteiger partial charge in [0.1, 0.15) is 10.8 Å². The first-order valence-corrected chi connectivity index (χ1v) is 11.1. The highest BCUT2D eigenvalue weighted by Gasteiger charge is 2.34. The van der Waals surface area contributed by atoms with Gasteiger partial charge in [0, 0.05) is 54.1 Å². The number of hydrogen-bond acceptors (Lipinski definition) is 9. The predicted octanol–water partition coefficient (Wildman–Crippen LogP) is 3.90. The number of aromatic nitrogens is 5. The molecule has 0 bridgehead atoms. The van der Waals surface area contributed by atoms with E-state index in [9.17, 15) is 27.6 Å². The van der Waals surface area contributed by atoms with E-state index in [1.54, 1.807) is 6.92 Å². The molecule has 0 aliphatic carbocycles. The fourth-order valence-electron chi connectivity index (χ4n) is 3.08. The van der Waals surface area contributed by atoms with E-state index in [1.165, 1.54) is 30.7 Å². The van der Waals surface area contributed by atoms with Crippen molar-refractivity contribution in [2.24, 2.45) is 0 Å². The van der Waals surface area contributed by atoms with Crippen LogP contribution in [-0.2, 0) is 6.18 Å². The number of nitrogens with one attached hydrogen (secondary N) is 2. The van der Waals surface area contributed by atoms with E-state index in [4.69, 9.17) is 4.42 Å². The molecule has 4 rings (SSSR count). The number of urea groups is 1. The van der Waals surface area contributed by atoms with Gasteiger partial charge in [-0.1, -0.05) is 0 Å². The lowest BCUT2D eigenvalue weighted by molar-refractivity contribution is -0.140. The van der Waals surface area contributed by atoms with Crippen LogP contribution in [0.4, 0.5) is 23.8 Å². The highest BCUT2D eigenvalue weighted by molar-refractivity contribution is 7.13. The van der Waals surface area contributed by atoms with Crippen molar-refractivity contribution in [3.63, 3.8) is 0 Å². The summed E-state index contributed by atoms with van der Waals surface area (Å²) in [6.07, 6.45) is -0.545. The van der Waals surface area contributed by atoms with Gasteiger partial charge in [-0.3, -0.25) is 15.1 Å². The smallest absolute Gasteiger partial charge is 0.387 e. The molecule has 0 saturated carbocycles. The molecule has 0 spiro atoms. The molecule has 15 heteroatoms. The Morgan fingerprint density at radius 3 is 2.53 bits per heavy atom. The Labute approximate surface area is 204 Å². The highest BCUT2D eigenvalue weighted by atomic mass is 32.1. The van der Waals surface area contributed by atoms with Gasteiger partial charge in [-0.05, 0) is 19.1 Å². The highest BCUT2D eigenvalue weighted by Crippen LogP contribution is 2.38. The van der Waals surface area contributed by atoms with Crippen molar-refractivity contribution >= 4 is 29.1 Å². The number of halogens is 3. The minimum absolute atomic E-state index is 0.0245. The van der Waals surface area contributed by atoms with Crippen LogP contribution in [-0.4, -0.2) is 43.2 Å². The van der Waals surface area contributed by atoms with Crippen molar-refractivity contribution in [2.75, 3.05) is 11.9 Å². The summed E-state index contributed by atoms with van der Waals surface area (Å²) in [5, 5.41) is 9.78. The van der Waals surface area contributed by atoms with E-state index in [-0.39, 0.29) is 27.8 Å². The SMILES string of the molecule is CCNC(=O)Nc1cc(-c2nc(C(F)(F)F)cs2)c(-c2cncc(-c3nn(C(C)=O)c(=O)o3)c2)cn1. The lowest BCUT2D eigenvalue weighted by Crippen LogP contribution is -2.28. The molecule has 2 N–H and O–H groups in total. The van der Waals surface area contributed by atoms with Gasteiger partial charge in [0.2, 0.25) is 5.91 Å². The van der Waals surface area contributed by atoms with Crippen LogP contribution in [0.3, 0.4) is 0 Å². The summed E-state index contributed by atoms with van der Waals surface area (Å²) in [4.78, 5) is 47.3. The van der Waals surface area contributed by atoms with Crippen LogP contribution < -0.4 is 16.4 Å². The summed E-state index contributed by atoms with van der Waals surface area (Å²) in [7, 11) is 0. The second kappa shape index (κ2) is 9.69. The molecule has 36 heavy (non-hydrogen) atoms. The molecule has 0 unspecified atom stereocenters. The quantitative estimate of drug-likeness (QED) is 0.404. The number of hydrogen-bond donors (Lipinski definition) is 2. The van der Waals surface area contributed by atoms with Crippen molar-refractivity contribution < 1.29 is 27.2 Å². The summed E-state index contributed by atoms with van der Waals surface area (Å²) >= 11 is 0.765. The molecule has 0 saturated heterocycles. The Morgan fingerprint density at radius 2 is 1.89 bits per heavy atom. The number of pyridine rings is 2. The average molecular weight is 519 g/mol. The van der Waals surface area contributed by atoms with Crippen LogP contribution in [0.5, 0.6) is 0 Å². The molecule has 0 fully saturated rings. The zero-order valence-electron chi connectivity index (χ0n) is 18.6. The first-order valence-electron chi connectivity index (χ1n) is 10.2. The van der Waals surface area contributed by atoms with Crippen LogP contribution in [0.15, 0.2) is 45.3 Å². The normalized spacial score (nSPS) is 11.4. The van der Waals surface area contributed by atoms with Crippen LogP contribution in [0.2, 0.25) is 0 Å². The molecule has 0 aliphatic rings. The topological polar surface area (TPSA) is 145 Å². The summed E-state index contributed by atoms with van der Waals surface area (Å²) in [5.41, 5.74) is 0.125. The van der Waals surface area contributed by atoms with Gasteiger partial charge in [0.05, 0.1) is 5.56 Å². The number of rotatable bonds is 5. The number of thiazole rings is 1. The van der Waals surface area contributed by atoms with Crippen LogP contribution in [0.25, 0.3) is 33.2 Å². The zero-order chi connectivity index (χ0) is 26.0. The predicted molar refractivity (Wildman–Crippen MR) is 122 cm³/mol. The minimum atomic E-state index is -4.64. The van der Waals surface area contributed by atoms with E-state index in [1.807, 2.05) is 0 Å². The molecule has 4 aromatic rings. The molecule has 4 aromatic heterocycles. The first-order chi connectivity index (χ1) is 17.1. The second-order valence-corrected chi connectivity index (χ2v) is 8.06. The van der Waals surface area contributed by atoms with Crippen molar-refractivity contribution in [2.45, 2.75) is 20.0 Å². The lowest BCUT2D eigenvalue weighted by atomic mass is 10.0. The van der Waals surface area contributed by atoms with Gasteiger partial charge < -0.3 is 9.73 Å². The van der Waals surface area contributed by atoms with E-state index in [2.05, 4.69) is 30.7 Å². The van der Waals surface area contributed by atoms with Gasteiger partial charge in [-0.15, -0.1) is 21.1 Å². The molecule has 4 heterocycles. The molecule has 0 radical (unpaired) electrons. The summed E-state index contributed by atoms with van der Waals surface area (Å²) in [5.74, 6) is -1.72. The van der Waals surface area contributed by atoms with Gasteiger partial charge in [-0.25, -0.2) is 19.6 Å². The lowest BCUT2D eigenvalue weighted by Gasteiger charge is -2.11. The fraction of sp³-hybridized carbons (Fsp3) is 0.190. The molecule has 0 aromatic carbocycles. The third-order valence-electron chi connectivity index (χ3n) is 4.65. The molecular weight excluding hydrogens is 503 g/mol. The second-order valence-electron chi connectivity index (χ2n) is 7.20. The molecule has 11 nitrogen and oxygen atoms in total. The fourth-order valence-corrected chi connectivity index (χ4v) is 3.93. The monoisotopic (exact) mass is 519 g/mol. The Hall–Kier alpha value is -4.40. The van der Waals surface area contributed by atoms with E-state index < -0.39 is 29.6 Å². The largest absolute Gasteiger partial charge is 0.444 e. The number of nitrogens with zero attached hydrogens (tertiary/aromatic N) is 5. The molecular formula is C21H16F3N7O4S.